The van der Waals surface area contributed by atoms with Gasteiger partial charge in [0.05, 0.1) is 33.9 Å². The number of morpholine rings is 1. The SMILES string of the molecule is O=C(Nc1ccc2nc(N3CCOCC3)sc2c1)c1ccccc1C(=O)c1cccs1. The molecule has 156 valence electrons. The number of benzene rings is 2. The van der Waals surface area contributed by atoms with Gasteiger partial charge in [-0.15, -0.1) is 11.3 Å². The van der Waals surface area contributed by atoms with Crippen LogP contribution in [0.25, 0.3) is 10.2 Å². The molecule has 0 atom stereocenters. The number of ether oxygens (including phenoxy) is 1. The molecule has 6 nitrogen and oxygen atoms in total. The van der Waals surface area contributed by atoms with Crippen LogP contribution >= 0.6 is 22.7 Å². The number of ketones is 1. The van der Waals surface area contributed by atoms with E-state index < -0.39 is 0 Å². The molecule has 8 heteroatoms. The molecular weight excluding hydrogens is 430 g/mol. The van der Waals surface area contributed by atoms with Gasteiger partial charge in [0.15, 0.2) is 5.13 Å². The Morgan fingerprint density at radius 2 is 1.81 bits per heavy atom. The summed E-state index contributed by atoms with van der Waals surface area (Å²) in [5.41, 5.74) is 2.33. The Hall–Kier alpha value is -3.07. The number of anilines is 2. The minimum absolute atomic E-state index is 0.145. The average Bonchev–Trinajstić information content (AvgIpc) is 3.49. The summed E-state index contributed by atoms with van der Waals surface area (Å²) in [5.74, 6) is -0.452. The molecule has 1 saturated heterocycles. The first kappa shape index (κ1) is 19.9. The van der Waals surface area contributed by atoms with Crippen molar-refractivity contribution in [1.82, 2.24) is 4.98 Å². The van der Waals surface area contributed by atoms with Crippen LogP contribution in [0, 0.1) is 0 Å². The van der Waals surface area contributed by atoms with Crippen LogP contribution in [0.5, 0.6) is 0 Å². The fourth-order valence-electron chi connectivity index (χ4n) is 3.50. The quantitative estimate of drug-likeness (QED) is 0.448. The van der Waals surface area contributed by atoms with Gasteiger partial charge in [-0.3, -0.25) is 9.59 Å². The van der Waals surface area contributed by atoms with Gasteiger partial charge in [0.25, 0.3) is 5.91 Å². The van der Waals surface area contributed by atoms with Crippen LogP contribution in [-0.4, -0.2) is 43.0 Å². The Labute approximate surface area is 187 Å². The van der Waals surface area contributed by atoms with Crippen molar-refractivity contribution >= 4 is 55.4 Å². The monoisotopic (exact) mass is 449 g/mol. The molecule has 0 radical (unpaired) electrons. The van der Waals surface area contributed by atoms with E-state index in [1.165, 1.54) is 11.3 Å². The number of fused-ring (bicyclic) bond motifs is 1. The zero-order chi connectivity index (χ0) is 21.2. The number of nitrogens with one attached hydrogen (secondary N) is 1. The maximum absolute atomic E-state index is 13.0. The molecule has 31 heavy (non-hydrogen) atoms. The minimum Gasteiger partial charge on any atom is -0.378 e. The van der Waals surface area contributed by atoms with Crippen LogP contribution in [0.4, 0.5) is 10.8 Å². The van der Waals surface area contributed by atoms with Crippen LogP contribution in [0.3, 0.4) is 0 Å². The Morgan fingerprint density at radius 1 is 1.00 bits per heavy atom. The summed E-state index contributed by atoms with van der Waals surface area (Å²) < 4.78 is 6.42. The van der Waals surface area contributed by atoms with Crippen LogP contribution in [-0.2, 0) is 4.74 Å². The van der Waals surface area contributed by atoms with E-state index in [2.05, 4.69) is 10.2 Å². The molecule has 1 aliphatic rings. The molecule has 2 aromatic carbocycles. The average molecular weight is 450 g/mol. The summed E-state index contributed by atoms with van der Waals surface area (Å²) >= 11 is 2.97. The zero-order valence-corrected chi connectivity index (χ0v) is 18.2. The van der Waals surface area contributed by atoms with Crippen LogP contribution in [0.15, 0.2) is 60.0 Å². The van der Waals surface area contributed by atoms with Gasteiger partial charge in [-0.1, -0.05) is 35.6 Å². The first-order valence-electron chi connectivity index (χ1n) is 9.91. The number of hydrogen-bond donors (Lipinski definition) is 1. The lowest BCUT2D eigenvalue weighted by Gasteiger charge is -2.25. The third kappa shape index (κ3) is 4.10. The Bertz CT molecular complexity index is 1240. The molecule has 1 aliphatic heterocycles. The van der Waals surface area contributed by atoms with Crippen molar-refractivity contribution in [3.63, 3.8) is 0 Å². The molecule has 2 aromatic heterocycles. The smallest absolute Gasteiger partial charge is 0.256 e. The van der Waals surface area contributed by atoms with Crippen LogP contribution in [0.1, 0.15) is 25.6 Å². The molecule has 5 rings (SSSR count). The fraction of sp³-hybridized carbons (Fsp3) is 0.174. The number of thiophene rings is 1. The second-order valence-corrected chi connectivity index (χ2v) is 9.04. The molecule has 3 heterocycles. The third-order valence-electron chi connectivity index (χ3n) is 5.08. The molecule has 0 bridgehead atoms. The predicted molar refractivity (Wildman–Crippen MR) is 125 cm³/mol. The Kier molecular flexibility index (Phi) is 5.50. The molecule has 1 amide bonds. The number of carbonyl (C=O) groups is 2. The van der Waals surface area contributed by atoms with Gasteiger partial charge in [0, 0.05) is 24.3 Å². The maximum atomic E-state index is 13.0. The van der Waals surface area contributed by atoms with Crippen molar-refractivity contribution in [2.45, 2.75) is 0 Å². The first-order chi connectivity index (χ1) is 15.2. The highest BCUT2D eigenvalue weighted by Crippen LogP contribution is 2.31. The van der Waals surface area contributed by atoms with Gasteiger partial charge in [-0.25, -0.2) is 4.98 Å². The van der Waals surface area contributed by atoms with Gasteiger partial charge in [-0.05, 0) is 35.7 Å². The largest absolute Gasteiger partial charge is 0.378 e. The summed E-state index contributed by atoms with van der Waals surface area (Å²) in [6.07, 6.45) is 0. The lowest BCUT2D eigenvalue weighted by molar-refractivity contribution is 0.0998. The first-order valence-corrected chi connectivity index (χ1v) is 11.6. The highest BCUT2D eigenvalue weighted by Gasteiger charge is 2.20. The van der Waals surface area contributed by atoms with Crippen molar-refractivity contribution in [3.05, 3.63) is 76.0 Å². The third-order valence-corrected chi connectivity index (χ3v) is 7.03. The Morgan fingerprint density at radius 3 is 2.58 bits per heavy atom. The molecule has 0 aliphatic carbocycles. The molecule has 0 saturated carbocycles. The van der Waals surface area contributed by atoms with E-state index >= 15 is 0 Å². The summed E-state index contributed by atoms with van der Waals surface area (Å²) in [7, 11) is 0. The van der Waals surface area contributed by atoms with Gasteiger partial charge < -0.3 is 15.0 Å². The summed E-state index contributed by atoms with van der Waals surface area (Å²) in [5, 5.41) is 5.76. The van der Waals surface area contributed by atoms with Crippen molar-refractivity contribution in [2.24, 2.45) is 0 Å². The van der Waals surface area contributed by atoms with E-state index in [-0.39, 0.29) is 11.7 Å². The molecule has 1 fully saturated rings. The second-order valence-electron chi connectivity index (χ2n) is 7.08. The number of rotatable bonds is 5. The molecule has 1 N–H and O–H groups in total. The number of thiazole rings is 1. The zero-order valence-electron chi connectivity index (χ0n) is 16.5. The number of amides is 1. The molecule has 4 aromatic rings. The maximum Gasteiger partial charge on any atom is 0.256 e. The topological polar surface area (TPSA) is 71.5 Å². The molecule has 0 unspecified atom stereocenters. The predicted octanol–water partition coefficient (Wildman–Crippen LogP) is 4.68. The van der Waals surface area contributed by atoms with E-state index in [0.29, 0.717) is 34.9 Å². The van der Waals surface area contributed by atoms with Crippen molar-refractivity contribution in [3.8, 4) is 0 Å². The number of carbonyl (C=O) groups excluding carboxylic acids is 2. The van der Waals surface area contributed by atoms with Crippen LogP contribution in [0.2, 0.25) is 0 Å². The minimum atomic E-state index is -0.308. The number of hydrogen-bond acceptors (Lipinski definition) is 7. The number of aromatic nitrogens is 1. The van der Waals surface area contributed by atoms with E-state index in [4.69, 9.17) is 9.72 Å². The number of nitrogens with zero attached hydrogens (tertiary/aromatic N) is 2. The van der Waals surface area contributed by atoms with Gasteiger partial charge in [-0.2, -0.15) is 0 Å². The summed E-state index contributed by atoms with van der Waals surface area (Å²) in [6.45, 7) is 3.08. The lowest BCUT2D eigenvalue weighted by atomic mass is 10.0. The van der Waals surface area contributed by atoms with Crippen molar-refractivity contribution < 1.29 is 14.3 Å². The van der Waals surface area contributed by atoms with Crippen molar-refractivity contribution in [2.75, 3.05) is 36.5 Å². The van der Waals surface area contributed by atoms with E-state index in [9.17, 15) is 9.59 Å². The lowest BCUT2D eigenvalue weighted by Crippen LogP contribution is -2.36. The van der Waals surface area contributed by atoms with Crippen molar-refractivity contribution in [1.29, 1.82) is 0 Å². The van der Waals surface area contributed by atoms with E-state index in [1.54, 1.807) is 41.7 Å². The highest BCUT2D eigenvalue weighted by atomic mass is 32.1. The summed E-state index contributed by atoms with van der Waals surface area (Å²) in [4.78, 5) is 33.4. The second kappa shape index (κ2) is 8.58. The van der Waals surface area contributed by atoms with Gasteiger partial charge in [0.1, 0.15) is 0 Å². The standard InChI is InChI=1S/C23H19N3O3S2/c27-21(19-6-3-13-30-19)16-4-1-2-5-17(16)22(28)24-15-7-8-18-20(14-15)31-23(25-18)26-9-11-29-12-10-26/h1-8,13-14H,9-12H2,(H,24,28). The highest BCUT2D eigenvalue weighted by molar-refractivity contribution is 7.22. The molecular formula is C23H19N3O3S2. The normalized spacial score (nSPS) is 14.0. The van der Waals surface area contributed by atoms with E-state index in [1.807, 2.05) is 29.6 Å². The Balaban J connectivity index is 1.39. The van der Waals surface area contributed by atoms with Gasteiger partial charge >= 0.3 is 0 Å². The van der Waals surface area contributed by atoms with Crippen LogP contribution < -0.4 is 10.2 Å². The van der Waals surface area contributed by atoms with E-state index in [0.717, 1.165) is 28.4 Å². The fourth-order valence-corrected chi connectivity index (χ4v) is 5.23. The molecule has 0 spiro atoms. The summed E-state index contributed by atoms with van der Waals surface area (Å²) in [6, 6.07) is 16.2. The van der Waals surface area contributed by atoms with Gasteiger partial charge in [0.2, 0.25) is 5.78 Å².